The van der Waals surface area contributed by atoms with Gasteiger partial charge in [-0.2, -0.15) is 0 Å². The van der Waals surface area contributed by atoms with Gasteiger partial charge in [0.25, 0.3) is 0 Å². The molecule has 0 atom stereocenters. The number of ether oxygens (including phenoxy) is 1. The molecule has 0 spiro atoms. The van der Waals surface area contributed by atoms with Crippen LogP contribution in [-0.2, 0) is 0 Å². The van der Waals surface area contributed by atoms with Crippen molar-refractivity contribution in [3.63, 3.8) is 0 Å². The largest absolute Gasteiger partial charge is 0.508 e. The van der Waals surface area contributed by atoms with Gasteiger partial charge in [0, 0.05) is 29.6 Å². The van der Waals surface area contributed by atoms with Crippen molar-refractivity contribution in [3.8, 4) is 28.7 Å². The minimum Gasteiger partial charge on any atom is -0.508 e. The summed E-state index contributed by atoms with van der Waals surface area (Å²) in [6.07, 6.45) is 0. The summed E-state index contributed by atoms with van der Waals surface area (Å²) in [6, 6.07) is 23.4. The summed E-state index contributed by atoms with van der Waals surface area (Å²) < 4.78 is 6.18. The number of hydrogen-bond acceptors (Lipinski definition) is 5. The second kappa shape index (κ2) is 8.55. The first kappa shape index (κ1) is 21.1. The number of aromatic hydroxyl groups is 3. The zero-order valence-corrected chi connectivity index (χ0v) is 18.2. The Morgan fingerprint density at radius 3 is 1.81 bits per heavy atom. The van der Waals surface area contributed by atoms with Gasteiger partial charge in [0.2, 0.25) is 0 Å². The molecule has 0 bridgehead atoms. The van der Waals surface area contributed by atoms with Crippen molar-refractivity contribution in [2.24, 2.45) is 0 Å². The molecule has 4 aromatic rings. The number of benzene rings is 4. The zero-order chi connectivity index (χ0) is 22.8. The molecule has 0 amide bonds. The van der Waals surface area contributed by atoms with Crippen LogP contribution in [0.3, 0.4) is 0 Å². The van der Waals surface area contributed by atoms with E-state index in [2.05, 4.69) is 0 Å². The molecule has 5 heteroatoms. The maximum atomic E-state index is 10.4. The lowest BCUT2D eigenvalue weighted by Gasteiger charge is -2.28. The third kappa shape index (κ3) is 4.32. The number of aryl methyl sites for hydroxylation is 3. The SMILES string of the molecule is Cc1cc(O)cc(Oc2ccccc2N(c2ccc(C)c(O)c2)c2ccc(C)c(O)c2)c1. The van der Waals surface area contributed by atoms with Crippen LogP contribution >= 0.6 is 0 Å². The Morgan fingerprint density at radius 2 is 1.25 bits per heavy atom. The normalized spacial score (nSPS) is 10.7. The van der Waals surface area contributed by atoms with Crippen molar-refractivity contribution in [2.45, 2.75) is 20.8 Å². The second-order valence-electron chi connectivity index (χ2n) is 7.85. The van der Waals surface area contributed by atoms with Crippen LogP contribution in [-0.4, -0.2) is 15.3 Å². The number of phenols is 3. The molecular formula is C27H25NO4. The molecule has 0 aliphatic heterocycles. The second-order valence-corrected chi connectivity index (χ2v) is 7.85. The number of hydrogen-bond donors (Lipinski definition) is 3. The lowest BCUT2D eigenvalue weighted by Crippen LogP contribution is -2.11. The summed E-state index contributed by atoms with van der Waals surface area (Å²) in [4.78, 5) is 1.91. The fourth-order valence-corrected chi connectivity index (χ4v) is 3.54. The van der Waals surface area contributed by atoms with Crippen LogP contribution < -0.4 is 9.64 Å². The minimum absolute atomic E-state index is 0.126. The zero-order valence-electron chi connectivity index (χ0n) is 18.2. The topological polar surface area (TPSA) is 73.2 Å². The van der Waals surface area contributed by atoms with E-state index in [9.17, 15) is 15.3 Å². The summed E-state index contributed by atoms with van der Waals surface area (Å²) in [5.41, 5.74) is 4.53. The first-order chi connectivity index (χ1) is 15.3. The van der Waals surface area contributed by atoms with Gasteiger partial charge < -0.3 is 25.0 Å². The highest BCUT2D eigenvalue weighted by molar-refractivity contribution is 5.81. The van der Waals surface area contributed by atoms with Gasteiger partial charge in [-0.15, -0.1) is 0 Å². The fraction of sp³-hybridized carbons (Fsp3) is 0.111. The van der Waals surface area contributed by atoms with E-state index in [-0.39, 0.29) is 17.2 Å². The molecule has 0 aliphatic carbocycles. The monoisotopic (exact) mass is 427 g/mol. The molecule has 0 fully saturated rings. The molecule has 0 unspecified atom stereocenters. The van der Waals surface area contributed by atoms with E-state index in [0.29, 0.717) is 28.6 Å². The molecule has 4 aromatic carbocycles. The van der Waals surface area contributed by atoms with Crippen molar-refractivity contribution < 1.29 is 20.1 Å². The number of phenolic OH excluding ortho intramolecular Hbond substituents is 3. The molecule has 162 valence electrons. The maximum Gasteiger partial charge on any atom is 0.151 e. The van der Waals surface area contributed by atoms with E-state index < -0.39 is 0 Å². The Labute approximate surface area is 187 Å². The fourth-order valence-electron chi connectivity index (χ4n) is 3.54. The molecule has 32 heavy (non-hydrogen) atoms. The summed E-state index contributed by atoms with van der Waals surface area (Å²) in [5.74, 6) is 1.53. The first-order valence-electron chi connectivity index (χ1n) is 10.3. The summed E-state index contributed by atoms with van der Waals surface area (Å²) in [6.45, 7) is 5.56. The average Bonchev–Trinajstić information content (AvgIpc) is 2.74. The van der Waals surface area contributed by atoms with Crippen LogP contribution in [0.5, 0.6) is 28.7 Å². The molecule has 0 heterocycles. The molecule has 5 nitrogen and oxygen atoms in total. The maximum absolute atomic E-state index is 10.4. The molecule has 4 rings (SSSR count). The van der Waals surface area contributed by atoms with Gasteiger partial charge in [0.15, 0.2) is 5.75 Å². The number of nitrogens with zero attached hydrogens (tertiary/aromatic N) is 1. The van der Waals surface area contributed by atoms with Crippen molar-refractivity contribution in [2.75, 3.05) is 4.90 Å². The van der Waals surface area contributed by atoms with Crippen LogP contribution in [0.15, 0.2) is 78.9 Å². The Kier molecular flexibility index (Phi) is 5.65. The van der Waals surface area contributed by atoms with Gasteiger partial charge in [-0.05, 0) is 73.9 Å². The smallest absolute Gasteiger partial charge is 0.151 e. The van der Waals surface area contributed by atoms with Crippen LogP contribution in [0.4, 0.5) is 17.1 Å². The van der Waals surface area contributed by atoms with E-state index in [1.807, 2.05) is 80.3 Å². The average molecular weight is 428 g/mol. The Hall–Kier alpha value is -4.12. The van der Waals surface area contributed by atoms with Gasteiger partial charge in [0.1, 0.15) is 23.0 Å². The highest BCUT2D eigenvalue weighted by atomic mass is 16.5. The van der Waals surface area contributed by atoms with Crippen molar-refractivity contribution in [1.82, 2.24) is 0 Å². The van der Waals surface area contributed by atoms with E-state index in [1.54, 1.807) is 24.3 Å². The summed E-state index contributed by atoms with van der Waals surface area (Å²) in [5, 5.41) is 30.7. The Bertz CT molecular complexity index is 1210. The van der Waals surface area contributed by atoms with E-state index in [0.717, 1.165) is 16.7 Å². The molecule has 0 aromatic heterocycles. The van der Waals surface area contributed by atoms with E-state index in [1.165, 1.54) is 0 Å². The molecule has 0 aliphatic rings. The third-order valence-electron chi connectivity index (χ3n) is 5.27. The van der Waals surface area contributed by atoms with Gasteiger partial charge in [-0.3, -0.25) is 0 Å². The van der Waals surface area contributed by atoms with Crippen LogP contribution in [0.2, 0.25) is 0 Å². The highest BCUT2D eigenvalue weighted by Gasteiger charge is 2.19. The lowest BCUT2D eigenvalue weighted by molar-refractivity contribution is 0.454. The van der Waals surface area contributed by atoms with Crippen molar-refractivity contribution in [1.29, 1.82) is 0 Å². The van der Waals surface area contributed by atoms with Crippen LogP contribution in [0, 0.1) is 20.8 Å². The lowest BCUT2D eigenvalue weighted by atomic mass is 10.1. The number of para-hydroxylation sites is 2. The Balaban J connectivity index is 1.88. The standard InChI is InChI=1S/C27H25NO4/c1-17-12-22(29)16-23(13-17)32-27-7-5-4-6-24(27)28(20-10-8-18(2)25(30)14-20)21-11-9-19(3)26(31)15-21/h4-16,29-31H,1-3H3. The van der Waals surface area contributed by atoms with Gasteiger partial charge >= 0.3 is 0 Å². The van der Waals surface area contributed by atoms with Gasteiger partial charge in [-0.25, -0.2) is 0 Å². The molecule has 3 N–H and O–H groups in total. The quantitative estimate of drug-likeness (QED) is 0.320. The van der Waals surface area contributed by atoms with E-state index >= 15 is 0 Å². The molecule has 0 saturated heterocycles. The predicted octanol–water partition coefficient (Wildman–Crippen LogP) is 6.99. The molecular weight excluding hydrogens is 402 g/mol. The first-order valence-corrected chi connectivity index (χ1v) is 10.3. The van der Waals surface area contributed by atoms with Crippen molar-refractivity contribution >= 4 is 17.1 Å². The van der Waals surface area contributed by atoms with Crippen LogP contribution in [0.25, 0.3) is 0 Å². The Morgan fingerprint density at radius 1 is 0.656 bits per heavy atom. The highest BCUT2D eigenvalue weighted by Crippen LogP contribution is 2.44. The van der Waals surface area contributed by atoms with Gasteiger partial charge in [0.05, 0.1) is 5.69 Å². The molecule has 0 radical (unpaired) electrons. The molecule has 0 saturated carbocycles. The number of anilines is 3. The number of rotatable bonds is 5. The minimum atomic E-state index is 0.126. The van der Waals surface area contributed by atoms with Crippen LogP contribution in [0.1, 0.15) is 16.7 Å². The van der Waals surface area contributed by atoms with Gasteiger partial charge in [-0.1, -0.05) is 24.3 Å². The van der Waals surface area contributed by atoms with Crippen molar-refractivity contribution in [3.05, 3.63) is 95.6 Å². The predicted molar refractivity (Wildman–Crippen MR) is 127 cm³/mol. The third-order valence-corrected chi connectivity index (χ3v) is 5.27. The van der Waals surface area contributed by atoms with E-state index in [4.69, 9.17) is 4.74 Å². The summed E-state index contributed by atoms with van der Waals surface area (Å²) >= 11 is 0. The summed E-state index contributed by atoms with van der Waals surface area (Å²) in [7, 11) is 0.